The minimum Gasteiger partial charge on any atom is -0.489 e. The number of carbonyl (C=O) groups excluding carboxylic acids is 1. The van der Waals surface area contributed by atoms with Crippen molar-refractivity contribution in [2.75, 3.05) is 13.2 Å². The molecule has 2 unspecified atom stereocenters. The fraction of sp³-hybridized carbons (Fsp3) is 0.375. The van der Waals surface area contributed by atoms with Crippen molar-refractivity contribution < 1.29 is 19.2 Å². The van der Waals surface area contributed by atoms with Gasteiger partial charge >= 0.3 is 0 Å². The highest BCUT2D eigenvalue weighted by Crippen LogP contribution is 2.49. The first kappa shape index (κ1) is 21.0. The number of hydrogen-bond acceptors (Lipinski definition) is 6. The molecular formula is C24H24ClN3O4. The summed E-state index contributed by atoms with van der Waals surface area (Å²) >= 11 is 6.36. The summed E-state index contributed by atoms with van der Waals surface area (Å²) in [7, 11) is 0. The Balaban J connectivity index is 1.46. The second-order valence-corrected chi connectivity index (χ2v) is 8.94. The zero-order chi connectivity index (χ0) is 22.4. The predicted octanol–water partition coefficient (Wildman–Crippen LogP) is 4.28. The molecule has 1 fully saturated rings. The van der Waals surface area contributed by atoms with E-state index in [1.54, 1.807) is 17.0 Å². The summed E-state index contributed by atoms with van der Waals surface area (Å²) in [5.74, 6) is 1.82. The molecule has 8 heteroatoms. The standard InChI is InChI=1S/C24H24ClN3O4/c1-13(2)31-20-7-6-14(11-19(20)25)24-26-23(27-32-24)17-5-3-4-16-18(17)10-15-12-21(30)28(8-9-29)22(15)16/h3-7,11,13,15,22,29H,8-10,12H2,1-2H3. The number of amides is 1. The Bertz CT molecular complexity index is 1180. The van der Waals surface area contributed by atoms with Crippen LogP contribution in [0, 0.1) is 5.92 Å². The van der Waals surface area contributed by atoms with E-state index in [0.29, 0.717) is 41.0 Å². The first-order valence-electron chi connectivity index (χ1n) is 10.8. The van der Waals surface area contributed by atoms with E-state index in [1.807, 2.05) is 32.0 Å². The molecule has 1 N–H and O–H groups in total. The van der Waals surface area contributed by atoms with Crippen molar-refractivity contribution in [3.05, 3.63) is 52.5 Å². The van der Waals surface area contributed by atoms with Gasteiger partial charge in [0.15, 0.2) is 0 Å². The maximum atomic E-state index is 12.4. The van der Waals surface area contributed by atoms with E-state index < -0.39 is 0 Å². The molecule has 1 aliphatic heterocycles. The summed E-state index contributed by atoms with van der Waals surface area (Å²) in [6.07, 6.45) is 1.30. The molecule has 32 heavy (non-hydrogen) atoms. The summed E-state index contributed by atoms with van der Waals surface area (Å²) < 4.78 is 11.2. The fourth-order valence-electron chi connectivity index (χ4n) is 4.85. The summed E-state index contributed by atoms with van der Waals surface area (Å²) in [6, 6.07) is 11.4. The first-order valence-corrected chi connectivity index (χ1v) is 11.2. The van der Waals surface area contributed by atoms with E-state index in [0.717, 1.165) is 23.1 Å². The molecule has 1 saturated heterocycles. The molecule has 2 atom stereocenters. The van der Waals surface area contributed by atoms with Gasteiger partial charge in [0.05, 0.1) is 23.8 Å². The molecule has 2 heterocycles. The normalized spacial score (nSPS) is 19.5. The molecule has 2 aromatic carbocycles. The monoisotopic (exact) mass is 453 g/mol. The van der Waals surface area contributed by atoms with Crippen molar-refractivity contribution >= 4 is 17.5 Å². The molecule has 3 aromatic rings. The molecule has 0 bridgehead atoms. The van der Waals surface area contributed by atoms with Crippen molar-refractivity contribution in [1.82, 2.24) is 15.0 Å². The topological polar surface area (TPSA) is 88.7 Å². The van der Waals surface area contributed by atoms with Crippen LogP contribution in [0.3, 0.4) is 0 Å². The van der Waals surface area contributed by atoms with Crippen LogP contribution in [0.2, 0.25) is 5.02 Å². The third-order valence-electron chi connectivity index (χ3n) is 6.09. The molecule has 1 amide bonds. The number of halogens is 1. The third kappa shape index (κ3) is 3.55. The fourth-order valence-corrected chi connectivity index (χ4v) is 5.08. The Morgan fingerprint density at radius 2 is 2.12 bits per heavy atom. The number of carbonyl (C=O) groups is 1. The Morgan fingerprint density at radius 3 is 2.88 bits per heavy atom. The van der Waals surface area contributed by atoms with Crippen LogP contribution in [0.25, 0.3) is 22.8 Å². The maximum absolute atomic E-state index is 12.4. The van der Waals surface area contributed by atoms with Crippen LogP contribution in [0.4, 0.5) is 0 Å². The van der Waals surface area contributed by atoms with E-state index >= 15 is 0 Å². The lowest BCUT2D eigenvalue weighted by Gasteiger charge is -2.24. The number of likely N-dealkylation sites (tertiary alicyclic amines) is 1. The molecule has 0 radical (unpaired) electrons. The molecule has 0 saturated carbocycles. The lowest BCUT2D eigenvalue weighted by Crippen LogP contribution is -2.30. The third-order valence-corrected chi connectivity index (χ3v) is 6.38. The summed E-state index contributed by atoms with van der Waals surface area (Å²) in [4.78, 5) is 18.8. The van der Waals surface area contributed by atoms with E-state index in [9.17, 15) is 9.90 Å². The van der Waals surface area contributed by atoms with Gasteiger partial charge in [-0.3, -0.25) is 4.79 Å². The van der Waals surface area contributed by atoms with E-state index in [-0.39, 0.29) is 30.6 Å². The highest BCUT2D eigenvalue weighted by Gasteiger charge is 2.46. The number of aliphatic hydroxyl groups is 1. The van der Waals surface area contributed by atoms with E-state index in [1.165, 1.54) is 0 Å². The van der Waals surface area contributed by atoms with Gasteiger partial charge in [-0.2, -0.15) is 4.98 Å². The minimum absolute atomic E-state index is 0.00304. The molecule has 1 aliphatic carbocycles. The number of hydrogen-bond donors (Lipinski definition) is 1. The summed E-state index contributed by atoms with van der Waals surface area (Å²) in [5.41, 5.74) is 3.88. The molecular weight excluding hydrogens is 430 g/mol. The van der Waals surface area contributed by atoms with Crippen LogP contribution in [0.15, 0.2) is 40.9 Å². The van der Waals surface area contributed by atoms with E-state index in [2.05, 4.69) is 16.2 Å². The Kier molecular flexibility index (Phi) is 5.39. The number of aromatic nitrogens is 2. The summed E-state index contributed by atoms with van der Waals surface area (Å²) in [6.45, 7) is 4.20. The molecule has 7 nitrogen and oxygen atoms in total. The first-order chi connectivity index (χ1) is 15.5. The van der Waals surface area contributed by atoms with Gasteiger partial charge < -0.3 is 19.3 Å². The van der Waals surface area contributed by atoms with Gasteiger partial charge in [-0.15, -0.1) is 0 Å². The molecule has 166 valence electrons. The average molecular weight is 454 g/mol. The van der Waals surface area contributed by atoms with Crippen molar-refractivity contribution in [2.45, 2.75) is 38.8 Å². The lowest BCUT2D eigenvalue weighted by molar-refractivity contribution is -0.129. The van der Waals surface area contributed by atoms with Gasteiger partial charge in [0.25, 0.3) is 5.89 Å². The molecule has 2 aliphatic rings. The average Bonchev–Trinajstić information content (AvgIpc) is 3.44. The number of fused-ring (bicyclic) bond motifs is 3. The van der Waals surface area contributed by atoms with Gasteiger partial charge in [0.1, 0.15) is 5.75 Å². The van der Waals surface area contributed by atoms with Crippen molar-refractivity contribution in [3.8, 4) is 28.6 Å². The van der Waals surface area contributed by atoms with Crippen LogP contribution in [0.5, 0.6) is 5.75 Å². The van der Waals surface area contributed by atoms with Crippen LogP contribution in [-0.4, -0.2) is 45.3 Å². The van der Waals surface area contributed by atoms with E-state index in [4.69, 9.17) is 20.9 Å². The van der Waals surface area contributed by atoms with Crippen LogP contribution in [-0.2, 0) is 11.2 Å². The number of benzene rings is 2. The highest BCUT2D eigenvalue weighted by molar-refractivity contribution is 6.32. The number of ether oxygens (including phenoxy) is 1. The second kappa shape index (κ2) is 8.22. The Hall–Kier alpha value is -2.90. The lowest BCUT2D eigenvalue weighted by atomic mass is 10.0. The van der Waals surface area contributed by atoms with Crippen molar-refractivity contribution in [1.29, 1.82) is 0 Å². The largest absolute Gasteiger partial charge is 0.489 e. The SMILES string of the molecule is CC(C)Oc1ccc(-c2nc(-c3cccc4c3CC3CC(=O)N(CCO)C43)no2)cc1Cl. The van der Waals surface area contributed by atoms with Gasteiger partial charge in [-0.1, -0.05) is 35.0 Å². The number of aliphatic hydroxyl groups excluding tert-OH is 1. The number of nitrogens with zero attached hydrogens (tertiary/aromatic N) is 3. The predicted molar refractivity (Wildman–Crippen MR) is 119 cm³/mol. The Morgan fingerprint density at radius 1 is 1.28 bits per heavy atom. The van der Waals surface area contributed by atoms with Crippen LogP contribution >= 0.6 is 11.6 Å². The minimum atomic E-state index is -0.0399. The van der Waals surface area contributed by atoms with Gasteiger partial charge in [0, 0.05) is 24.1 Å². The van der Waals surface area contributed by atoms with Crippen molar-refractivity contribution in [2.24, 2.45) is 5.92 Å². The Labute approximate surface area is 191 Å². The molecule has 5 rings (SSSR count). The number of β-amino-alcohol motifs (C(OH)–C–C–N with tert-alkyl or cyclic N) is 1. The van der Waals surface area contributed by atoms with Gasteiger partial charge in [-0.05, 0) is 55.5 Å². The maximum Gasteiger partial charge on any atom is 0.258 e. The zero-order valence-electron chi connectivity index (χ0n) is 17.9. The van der Waals surface area contributed by atoms with Crippen molar-refractivity contribution in [3.63, 3.8) is 0 Å². The molecule has 0 spiro atoms. The number of rotatable bonds is 6. The quantitative estimate of drug-likeness (QED) is 0.599. The van der Waals surface area contributed by atoms with Crippen LogP contribution in [0.1, 0.15) is 37.4 Å². The zero-order valence-corrected chi connectivity index (χ0v) is 18.7. The van der Waals surface area contributed by atoms with Gasteiger partial charge in [-0.25, -0.2) is 0 Å². The van der Waals surface area contributed by atoms with Gasteiger partial charge in [0.2, 0.25) is 11.7 Å². The smallest absolute Gasteiger partial charge is 0.258 e. The summed E-state index contributed by atoms with van der Waals surface area (Å²) in [5, 5.41) is 14.1. The van der Waals surface area contributed by atoms with Crippen LogP contribution < -0.4 is 4.74 Å². The molecule has 1 aromatic heterocycles. The highest BCUT2D eigenvalue weighted by atomic mass is 35.5. The second-order valence-electron chi connectivity index (χ2n) is 8.53.